The second-order valence-corrected chi connectivity index (χ2v) is 7.06. The van der Waals surface area contributed by atoms with E-state index in [1.165, 1.54) is 0 Å². The van der Waals surface area contributed by atoms with Crippen LogP contribution in [0.25, 0.3) is 0 Å². The average molecular weight is 341 g/mol. The van der Waals surface area contributed by atoms with Gasteiger partial charge in [-0.3, -0.25) is 4.98 Å². The lowest BCUT2D eigenvalue weighted by Crippen LogP contribution is -2.41. The number of likely N-dealkylation sites (tertiary alicyclic amines) is 1. The van der Waals surface area contributed by atoms with Crippen LogP contribution in [0.2, 0.25) is 0 Å². The zero-order valence-corrected chi connectivity index (χ0v) is 13.8. The molecular weight excluding hydrogens is 320 g/mol. The van der Waals surface area contributed by atoms with Gasteiger partial charge in [0.05, 0.1) is 0 Å². The van der Waals surface area contributed by atoms with Crippen LogP contribution in [-0.2, 0) is 4.74 Å². The standard InChI is InChI=1S/C15H21BrN2O2/c1-15(2,3)20-14(19)18-8-5-11(6-9-18)13-10-12(16)4-7-17-13/h4,7,10-11H,5-6,8-9H2,1-3H3. The van der Waals surface area contributed by atoms with E-state index in [1.54, 1.807) is 4.90 Å². The Kier molecular flexibility index (Phi) is 4.68. The van der Waals surface area contributed by atoms with E-state index in [0.29, 0.717) is 5.92 Å². The molecule has 0 spiro atoms. The van der Waals surface area contributed by atoms with Crippen molar-refractivity contribution in [2.24, 2.45) is 0 Å². The Labute approximate surface area is 128 Å². The first kappa shape index (κ1) is 15.3. The number of amides is 1. The first-order valence-electron chi connectivity index (χ1n) is 6.94. The number of halogens is 1. The SMILES string of the molecule is CC(C)(C)OC(=O)N1CCC(c2cc(Br)ccn2)CC1. The topological polar surface area (TPSA) is 42.4 Å². The van der Waals surface area contributed by atoms with Gasteiger partial charge in [0.2, 0.25) is 0 Å². The minimum Gasteiger partial charge on any atom is -0.444 e. The van der Waals surface area contributed by atoms with E-state index in [-0.39, 0.29) is 6.09 Å². The number of carbonyl (C=O) groups is 1. The van der Waals surface area contributed by atoms with Crippen LogP contribution < -0.4 is 0 Å². The molecule has 20 heavy (non-hydrogen) atoms. The molecule has 0 N–H and O–H groups in total. The summed E-state index contributed by atoms with van der Waals surface area (Å²) < 4.78 is 6.45. The van der Waals surface area contributed by atoms with Gasteiger partial charge in [-0.25, -0.2) is 4.79 Å². The Morgan fingerprint density at radius 2 is 2.05 bits per heavy atom. The maximum absolute atomic E-state index is 12.0. The molecule has 0 aromatic carbocycles. The number of carbonyl (C=O) groups excluding carboxylic acids is 1. The molecule has 1 saturated heterocycles. The molecule has 5 heteroatoms. The van der Waals surface area contributed by atoms with Crippen molar-refractivity contribution in [3.63, 3.8) is 0 Å². The van der Waals surface area contributed by atoms with E-state index in [2.05, 4.69) is 27.0 Å². The molecule has 1 amide bonds. The summed E-state index contributed by atoms with van der Waals surface area (Å²) in [6.45, 7) is 7.14. The Morgan fingerprint density at radius 3 is 2.60 bits per heavy atom. The largest absolute Gasteiger partial charge is 0.444 e. The van der Waals surface area contributed by atoms with Crippen molar-refractivity contribution in [1.82, 2.24) is 9.88 Å². The summed E-state index contributed by atoms with van der Waals surface area (Å²) in [5.74, 6) is 0.422. The molecule has 1 fully saturated rings. The third-order valence-electron chi connectivity index (χ3n) is 3.31. The van der Waals surface area contributed by atoms with E-state index in [1.807, 2.05) is 33.0 Å². The highest BCUT2D eigenvalue weighted by atomic mass is 79.9. The molecule has 2 rings (SSSR count). The van der Waals surface area contributed by atoms with Gasteiger partial charge in [0.25, 0.3) is 0 Å². The smallest absolute Gasteiger partial charge is 0.410 e. The van der Waals surface area contributed by atoms with E-state index >= 15 is 0 Å². The van der Waals surface area contributed by atoms with Gasteiger partial charge in [0.15, 0.2) is 0 Å². The minimum atomic E-state index is -0.431. The summed E-state index contributed by atoms with van der Waals surface area (Å²) in [7, 11) is 0. The quantitative estimate of drug-likeness (QED) is 0.777. The molecule has 0 aliphatic carbocycles. The van der Waals surface area contributed by atoms with Crippen molar-refractivity contribution in [1.29, 1.82) is 0 Å². The van der Waals surface area contributed by atoms with Gasteiger partial charge in [0, 0.05) is 35.4 Å². The summed E-state index contributed by atoms with van der Waals surface area (Å²) in [5.41, 5.74) is 0.669. The minimum absolute atomic E-state index is 0.210. The summed E-state index contributed by atoms with van der Waals surface area (Å²) in [4.78, 5) is 18.2. The average Bonchev–Trinajstić information content (AvgIpc) is 2.37. The molecule has 4 nitrogen and oxygen atoms in total. The molecule has 0 bridgehead atoms. The maximum atomic E-state index is 12.0. The third-order valence-corrected chi connectivity index (χ3v) is 3.80. The van der Waals surface area contributed by atoms with Crippen molar-refractivity contribution in [2.75, 3.05) is 13.1 Å². The van der Waals surface area contributed by atoms with Gasteiger partial charge >= 0.3 is 6.09 Å². The fourth-order valence-electron chi connectivity index (χ4n) is 2.33. The lowest BCUT2D eigenvalue weighted by Gasteiger charge is -2.33. The molecule has 2 heterocycles. The number of pyridine rings is 1. The highest BCUT2D eigenvalue weighted by molar-refractivity contribution is 9.10. The molecule has 1 aromatic heterocycles. The fraction of sp³-hybridized carbons (Fsp3) is 0.600. The molecule has 110 valence electrons. The third kappa shape index (κ3) is 4.20. The highest BCUT2D eigenvalue weighted by Crippen LogP contribution is 2.28. The van der Waals surface area contributed by atoms with E-state index in [4.69, 9.17) is 4.74 Å². The molecule has 0 radical (unpaired) electrons. The van der Waals surface area contributed by atoms with Crippen LogP contribution in [0.5, 0.6) is 0 Å². The lowest BCUT2D eigenvalue weighted by atomic mass is 9.93. The predicted molar refractivity (Wildman–Crippen MR) is 81.7 cm³/mol. The van der Waals surface area contributed by atoms with Gasteiger partial charge in [-0.15, -0.1) is 0 Å². The molecule has 0 atom stereocenters. The van der Waals surface area contributed by atoms with Crippen LogP contribution in [0.1, 0.15) is 45.2 Å². The molecule has 0 unspecified atom stereocenters. The van der Waals surface area contributed by atoms with Crippen LogP contribution in [0.15, 0.2) is 22.8 Å². The molecule has 1 aliphatic heterocycles. The van der Waals surface area contributed by atoms with E-state index < -0.39 is 5.60 Å². The first-order valence-corrected chi connectivity index (χ1v) is 7.74. The Morgan fingerprint density at radius 1 is 1.40 bits per heavy atom. The number of piperidine rings is 1. The normalized spacial score (nSPS) is 17.1. The van der Waals surface area contributed by atoms with Gasteiger partial charge in [-0.1, -0.05) is 15.9 Å². The molecular formula is C15H21BrN2O2. The zero-order valence-electron chi connectivity index (χ0n) is 12.2. The summed E-state index contributed by atoms with van der Waals surface area (Å²) >= 11 is 3.47. The molecule has 0 saturated carbocycles. The van der Waals surface area contributed by atoms with E-state index in [9.17, 15) is 4.79 Å². The lowest BCUT2D eigenvalue weighted by molar-refractivity contribution is 0.0204. The number of ether oxygens (including phenoxy) is 1. The van der Waals surface area contributed by atoms with Crippen LogP contribution in [0.3, 0.4) is 0 Å². The zero-order chi connectivity index (χ0) is 14.8. The van der Waals surface area contributed by atoms with Gasteiger partial charge in [-0.2, -0.15) is 0 Å². The second kappa shape index (κ2) is 6.12. The van der Waals surface area contributed by atoms with Crippen LogP contribution in [-0.4, -0.2) is 34.7 Å². The van der Waals surface area contributed by atoms with Crippen LogP contribution >= 0.6 is 15.9 Å². The van der Waals surface area contributed by atoms with Crippen molar-refractivity contribution in [2.45, 2.75) is 45.1 Å². The van der Waals surface area contributed by atoms with Crippen molar-refractivity contribution in [3.8, 4) is 0 Å². The van der Waals surface area contributed by atoms with Gasteiger partial charge in [-0.05, 0) is 45.7 Å². The first-order chi connectivity index (χ1) is 9.35. The Hall–Kier alpha value is -1.10. The van der Waals surface area contributed by atoms with Crippen LogP contribution in [0, 0.1) is 0 Å². The van der Waals surface area contributed by atoms with Crippen LogP contribution in [0.4, 0.5) is 4.79 Å². The number of nitrogens with zero attached hydrogens (tertiary/aromatic N) is 2. The molecule has 1 aliphatic rings. The molecule has 1 aromatic rings. The number of aromatic nitrogens is 1. The highest BCUT2D eigenvalue weighted by Gasteiger charge is 2.27. The number of hydrogen-bond donors (Lipinski definition) is 0. The van der Waals surface area contributed by atoms with Crippen molar-refractivity contribution < 1.29 is 9.53 Å². The summed E-state index contributed by atoms with van der Waals surface area (Å²) in [6, 6.07) is 3.99. The maximum Gasteiger partial charge on any atom is 0.410 e. The second-order valence-electron chi connectivity index (χ2n) is 6.14. The summed E-state index contributed by atoms with van der Waals surface area (Å²) in [5, 5.41) is 0. The summed E-state index contributed by atoms with van der Waals surface area (Å²) in [6.07, 6.45) is 3.48. The van der Waals surface area contributed by atoms with Gasteiger partial charge < -0.3 is 9.64 Å². The van der Waals surface area contributed by atoms with Crippen molar-refractivity contribution in [3.05, 3.63) is 28.5 Å². The Balaban J connectivity index is 1.91. The predicted octanol–water partition coefficient (Wildman–Crippen LogP) is 3.96. The van der Waals surface area contributed by atoms with Gasteiger partial charge in [0.1, 0.15) is 5.60 Å². The number of rotatable bonds is 1. The Bertz CT molecular complexity index is 477. The monoisotopic (exact) mass is 340 g/mol. The van der Waals surface area contributed by atoms with E-state index in [0.717, 1.165) is 36.1 Å². The fourth-order valence-corrected chi connectivity index (χ4v) is 2.68. The number of hydrogen-bond acceptors (Lipinski definition) is 3. The van der Waals surface area contributed by atoms with Crippen molar-refractivity contribution >= 4 is 22.0 Å².